The summed E-state index contributed by atoms with van der Waals surface area (Å²) in [6, 6.07) is 15.5. The number of amides is 3. The van der Waals surface area contributed by atoms with E-state index in [1.165, 1.54) is 11.3 Å². The van der Waals surface area contributed by atoms with Crippen LogP contribution in [-0.4, -0.2) is 77.5 Å². The van der Waals surface area contributed by atoms with E-state index in [2.05, 4.69) is 10.6 Å². The number of nitrogen functional groups attached to an aromatic ring is 1. The standard InChI is InChI=1S/C34H40FN5O7S/c1-22(28-16-24(19-48-28)31(36)37)39-33(45)27-17-34(35,21-46-15-7-3-6-10-30(42)43)20-40(27)29(41)18-38-32(44)23-11-13-26(14-12-23)47-25-8-4-2-5-9-25/h2,4-5,8-9,11-14,16,19,22,27H,3,6-7,10,15,17-18,20-21H2,1H3,(H3,36,37)(H,38,44)(H,39,45)(H,42,43)/t22-,27+,34-/m1/s1. The lowest BCUT2D eigenvalue weighted by Gasteiger charge is -2.25. The molecule has 3 atom stereocenters. The normalized spacial score (nSPS) is 17.8. The van der Waals surface area contributed by atoms with Gasteiger partial charge in [0.15, 0.2) is 5.67 Å². The second kappa shape index (κ2) is 16.8. The first-order valence-corrected chi connectivity index (χ1v) is 16.4. The van der Waals surface area contributed by atoms with Gasteiger partial charge in [-0.15, -0.1) is 11.3 Å². The third-order valence-corrected chi connectivity index (χ3v) is 8.88. The number of hydrogen-bond donors (Lipinski definition) is 5. The number of rotatable bonds is 17. The zero-order chi connectivity index (χ0) is 34.7. The Morgan fingerprint density at radius 3 is 2.46 bits per heavy atom. The summed E-state index contributed by atoms with van der Waals surface area (Å²) in [6.07, 6.45) is 1.37. The number of thiophene rings is 1. The van der Waals surface area contributed by atoms with Crippen molar-refractivity contribution in [1.82, 2.24) is 15.5 Å². The van der Waals surface area contributed by atoms with Gasteiger partial charge in [-0.2, -0.15) is 0 Å². The molecule has 1 saturated heterocycles. The third kappa shape index (κ3) is 10.3. The Kier molecular flexibility index (Phi) is 12.6. The van der Waals surface area contributed by atoms with Crippen LogP contribution in [0, 0.1) is 5.41 Å². The van der Waals surface area contributed by atoms with Gasteiger partial charge >= 0.3 is 5.97 Å². The van der Waals surface area contributed by atoms with Crippen molar-refractivity contribution >= 4 is 40.9 Å². The number of carboxylic acids is 1. The number of carboxylic acid groups (broad SMARTS) is 1. The summed E-state index contributed by atoms with van der Waals surface area (Å²) >= 11 is 1.31. The molecular weight excluding hydrogens is 641 g/mol. The first-order chi connectivity index (χ1) is 22.9. The Hall–Kier alpha value is -4.82. The molecule has 2 heterocycles. The molecule has 0 radical (unpaired) electrons. The maximum Gasteiger partial charge on any atom is 0.303 e. The van der Waals surface area contributed by atoms with Gasteiger partial charge in [0.25, 0.3) is 5.91 Å². The fourth-order valence-electron chi connectivity index (χ4n) is 5.21. The number of ether oxygens (including phenoxy) is 2. The number of alkyl halides is 1. The summed E-state index contributed by atoms with van der Waals surface area (Å²) in [5, 5.41) is 23.5. The van der Waals surface area contributed by atoms with Crippen molar-refractivity contribution < 1.29 is 38.1 Å². The number of carbonyl (C=O) groups excluding carboxylic acids is 3. The first kappa shape index (κ1) is 36.0. The van der Waals surface area contributed by atoms with Crippen molar-refractivity contribution in [2.45, 2.75) is 56.8 Å². The number of likely N-dealkylation sites (tertiary alicyclic amines) is 1. The number of nitrogens with zero attached hydrogens (tertiary/aromatic N) is 1. The van der Waals surface area contributed by atoms with Crippen LogP contribution in [0.3, 0.4) is 0 Å². The molecular formula is C34H40FN5O7S. The molecule has 256 valence electrons. The van der Waals surface area contributed by atoms with Crippen molar-refractivity contribution in [2.75, 3.05) is 26.3 Å². The Labute approximate surface area is 281 Å². The highest BCUT2D eigenvalue weighted by atomic mass is 32.1. The maximum absolute atomic E-state index is 16.1. The Morgan fingerprint density at radius 1 is 1.08 bits per heavy atom. The number of para-hydroxylation sites is 1. The molecule has 1 fully saturated rings. The van der Waals surface area contributed by atoms with Gasteiger partial charge in [0.1, 0.15) is 23.4 Å². The first-order valence-electron chi connectivity index (χ1n) is 15.6. The van der Waals surface area contributed by atoms with E-state index in [0.29, 0.717) is 36.3 Å². The summed E-state index contributed by atoms with van der Waals surface area (Å²) in [6.45, 7) is 0.711. The molecule has 1 aliphatic rings. The third-order valence-electron chi connectivity index (χ3n) is 7.76. The van der Waals surface area contributed by atoms with Crippen LogP contribution in [0.15, 0.2) is 66.0 Å². The molecule has 3 aromatic rings. The number of carbonyl (C=O) groups is 4. The number of aliphatic carboxylic acids is 1. The smallest absolute Gasteiger partial charge is 0.303 e. The number of nitrogens with one attached hydrogen (secondary N) is 3. The molecule has 4 rings (SSSR count). The van der Waals surface area contributed by atoms with Crippen molar-refractivity contribution in [3.8, 4) is 11.5 Å². The maximum atomic E-state index is 16.1. The van der Waals surface area contributed by atoms with Gasteiger partial charge in [-0.25, -0.2) is 4.39 Å². The summed E-state index contributed by atoms with van der Waals surface area (Å²) < 4.78 is 27.4. The van der Waals surface area contributed by atoms with E-state index in [1.807, 2.05) is 18.2 Å². The summed E-state index contributed by atoms with van der Waals surface area (Å²) in [5.74, 6) is -1.55. The van der Waals surface area contributed by atoms with Crippen molar-refractivity contribution in [2.24, 2.45) is 5.73 Å². The van der Waals surface area contributed by atoms with Gasteiger partial charge in [-0.3, -0.25) is 24.6 Å². The van der Waals surface area contributed by atoms with E-state index >= 15 is 4.39 Å². The van der Waals surface area contributed by atoms with Crippen LogP contribution in [-0.2, 0) is 19.1 Å². The molecule has 0 aliphatic carbocycles. The lowest BCUT2D eigenvalue weighted by molar-refractivity contribution is -0.138. The summed E-state index contributed by atoms with van der Waals surface area (Å²) in [7, 11) is 0. The van der Waals surface area contributed by atoms with Crippen molar-refractivity contribution in [3.63, 3.8) is 0 Å². The SMILES string of the molecule is C[C@@H](NC(=O)[C@@H]1C[C@](F)(COCCCCCC(=O)O)CN1C(=O)CNC(=O)c1ccc(Oc2ccccc2)cc1)c1cc(C(=N)N)cs1. The summed E-state index contributed by atoms with van der Waals surface area (Å²) in [5.41, 5.74) is 4.34. The fourth-order valence-corrected chi connectivity index (χ4v) is 6.13. The lowest BCUT2D eigenvalue weighted by atomic mass is 10.0. The average Bonchev–Trinajstić information content (AvgIpc) is 3.70. The highest BCUT2D eigenvalue weighted by molar-refractivity contribution is 7.10. The molecule has 0 bridgehead atoms. The average molecular weight is 682 g/mol. The zero-order valence-corrected chi connectivity index (χ0v) is 27.4. The van der Waals surface area contributed by atoms with Gasteiger partial charge in [0.05, 0.1) is 25.7 Å². The number of halogens is 1. The monoisotopic (exact) mass is 681 g/mol. The minimum Gasteiger partial charge on any atom is -0.481 e. The highest BCUT2D eigenvalue weighted by Crippen LogP contribution is 2.32. The van der Waals surface area contributed by atoms with E-state index in [4.69, 9.17) is 25.7 Å². The molecule has 1 aromatic heterocycles. The fraction of sp³-hybridized carbons (Fsp3) is 0.382. The quantitative estimate of drug-likeness (QED) is 0.0789. The van der Waals surface area contributed by atoms with Crippen LogP contribution in [0.25, 0.3) is 0 Å². The Morgan fingerprint density at radius 2 is 1.79 bits per heavy atom. The van der Waals surface area contributed by atoms with Crippen LogP contribution in [0.4, 0.5) is 4.39 Å². The highest BCUT2D eigenvalue weighted by Gasteiger charge is 2.49. The molecule has 14 heteroatoms. The van der Waals surface area contributed by atoms with Gasteiger partial charge in [0.2, 0.25) is 11.8 Å². The van der Waals surface area contributed by atoms with Gasteiger partial charge < -0.3 is 35.8 Å². The zero-order valence-electron chi connectivity index (χ0n) is 26.6. The molecule has 1 aliphatic heterocycles. The van der Waals surface area contributed by atoms with E-state index in [-0.39, 0.29) is 37.5 Å². The van der Waals surface area contributed by atoms with Gasteiger partial charge in [-0.1, -0.05) is 24.6 Å². The Balaban J connectivity index is 1.37. The van der Waals surface area contributed by atoms with E-state index in [0.717, 1.165) is 9.78 Å². The topological polar surface area (TPSA) is 184 Å². The van der Waals surface area contributed by atoms with Crippen molar-refractivity contribution in [1.29, 1.82) is 5.41 Å². The second-order valence-electron chi connectivity index (χ2n) is 11.7. The van der Waals surface area contributed by atoms with Gasteiger partial charge in [0, 0.05) is 40.8 Å². The minimum atomic E-state index is -2.02. The molecule has 6 N–H and O–H groups in total. The van der Waals surface area contributed by atoms with E-state index in [9.17, 15) is 19.2 Å². The van der Waals surface area contributed by atoms with Crippen LogP contribution in [0.5, 0.6) is 11.5 Å². The molecule has 3 amide bonds. The molecule has 12 nitrogen and oxygen atoms in total. The predicted molar refractivity (Wildman–Crippen MR) is 178 cm³/mol. The van der Waals surface area contributed by atoms with Crippen LogP contribution < -0.4 is 21.1 Å². The predicted octanol–water partition coefficient (Wildman–Crippen LogP) is 4.40. The van der Waals surface area contributed by atoms with Crippen LogP contribution in [0.1, 0.15) is 65.9 Å². The molecule has 48 heavy (non-hydrogen) atoms. The van der Waals surface area contributed by atoms with Crippen LogP contribution in [0.2, 0.25) is 0 Å². The molecule has 0 saturated carbocycles. The summed E-state index contributed by atoms with van der Waals surface area (Å²) in [4.78, 5) is 52.3. The molecule has 0 spiro atoms. The largest absolute Gasteiger partial charge is 0.481 e. The minimum absolute atomic E-state index is 0.0470. The Bertz CT molecular complexity index is 1590. The van der Waals surface area contributed by atoms with Crippen LogP contribution >= 0.6 is 11.3 Å². The van der Waals surface area contributed by atoms with E-state index < -0.39 is 54.5 Å². The van der Waals surface area contributed by atoms with Gasteiger partial charge in [-0.05, 0) is 62.2 Å². The van der Waals surface area contributed by atoms with E-state index in [1.54, 1.807) is 54.8 Å². The number of benzene rings is 2. The van der Waals surface area contributed by atoms with Crippen molar-refractivity contribution in [3.05, 3.63) is 82.0 Å². The molecule has 2 aromatic carbocycles. The number of amidine groups is 1. The number of unbranched alkanes of at least 4 members (excludes halogenated alkanes) is 2. The second-order valence-corrected chi connectivity index (χ2v) is 12.6. The lowest BCUT2D eigenvalue weighted by Crippen LogP contribution is -2.49. The molecule has 0 unspecified atom stereocenters. The number of nitrogens with two attached hydrogens (primary N) is 1. The number of hydrogen-bond acceptors (Lipinski definition) is 8.